The molecule has 0 aliphatic carbocycles. The first-order valence-electron chi connectivity index (χ1n) is 4.93. The maximum atomic E-state index is 13.2. The lowest BCUT2D eigenvalue weighted by atomic mass is 9.99. The van der Waals surface area contributed by atoms with Gasteiger partial charge in [0.05, 0.1) is 29.7 Å². The predicted molar refractivity (Wildman–Crippen MR) is 61.9 cm³/mol. The number of nitrogens with zero attached hydrogens (tertiary/aromatic N) is 2. The van der Waals surface area contributed by atoms with E-state index in [4.69, 9.17) is 0 Å². The molecular weight excluding hydrogens is 225 g/mol. The van der Waals surface area contributed by atoms with Crippen molar-refractivity contribution < 1.29 is 4.39 Å². The second kappa shape index (κ2) is 4.67. The Kier molecular flexibility index (Phi) is 3.26. The molecule has 5 heteroatoms. The van der Waals surface area contributed by atoms with Crippen LogP contribution in [0.15, 0.2) is 24.4 Å². The topological polar surface area (TPSA) is 37.8 Å². The van der Waals surface area contributed by atoms with E-state index in [1.807, 2.05) is 14.0 Å². The van der Waals surface area contributed by atoms with Gasteiger partial charge in [0.25, 0.3) is 0 Å². The zero-order valence-corrected chi connectivity index (χ0v) is 9.88. The number of benzene rings is 1. The zero-order chi connectivity index (χ0) is 11.5. The molecular formula is C11H12FN3S. The SMILES string of the molecule is CNC(c1cnsn1)c1cc(F)ccc1C. The molecule has 2 rings (SSSR count). The second-order valence-electron chi connectivity index (χ2n) is 3.55. The Morgan fingerprint density at radius 3 is 2.88 bits per heavy atom. The van der Waals surface area contributed by atoms with Crippen molar-refractivity contribution in [2.45, 2.75) is 13.0 Å². The summed E-state index contributed by atoms with van der Waals surface area (Å²) >= 11 is 1.15. The first kappa shape index (κ1) is 11.2. The van der Waals surface area contributed by atoms with Gasteiger partial charge in [0.15, 0.2) is 0 Å². The van der Waals surface area contributed by atoms with Crippen molar-refractivity contribution in [1.29, 1.82) is 0 Å². The van der Waals surface area contributed by atoms with E-state index >= 15 is 0 Å². The van der Waals surface area contributed by atoms with Crippen molar-refractivity contribution >= 4 is 11.7 Å². The molecule has 0 saturated heterocycles. The van der Waals surface area contributed by atoms with Gasteiger partial charge in [0, 0.05) is 0 Å². The van der Waals surface area contributed by atoms with E-state index in [0.717, 1.165) is 28.5 Å². The third-order valence-corrected chi connectivity index (χ3v) is 3.01. The van der Waals surface area contributed by atoms with E-state index in [0.29, 0.717) is 0 Å². The Morgan fingerprint density at radius 2 is 2.25 bits per heavy atom. The largest absolute Gasteiger partial charge is 0.308 e. The molecule has 16 heavy (non-hydrogen) atoms. The summed E-state index contributed by atoms with van der Waals surface area (Å²) in [5.41, 5.74) is 2.75. The van der Waals surface area contributed by atoms with Crippen LogP contribution in [0.2, 0.25) is 0 Å². The average Bonchev–Trinajstić information content (AvgIpc) is 2.78. The molecule has 1 unspecified atom stereocenters. The van der Waals surface area contributed by atoms with Crippen LogP contribution in [0.1, 0.15) is 22.9 Å². The van der Waals surface area contributed by atoms with Crippen molar-refractivity contribution in [3.63, 3.8) is 0 Å². The molecule has 0 spiro atoms. The van der Waals surface area contributed by atoms with E-state index < -0.39 is 0 Å². The van der Waals surface area contributed by atoms with Crippen molar-refractivity contribution in [1.82, 2.24) is 14.1 Å². The number of halogens is 1. The minimum atomic E-state index is -0.232. The van der Waals surface area contributed by atoms with Gasteiger partial charge in [-0.05, 0) is 37.2 Å². The molecule has 1 heterocycles. The van der Waals surface area contributed by atoms with E-state index in [9.17, 15) is 4.39 Å². The Morgan fingerprint density at radius 1 is 1.44 bits per heavy atom. The summed E-state index contributed by atoms with van der Waals surface area (Å²) in [6, 6.07) is 4.67. The summed E-state index contributed by atoms with van der Waals surface area (Å²) in [5.74, 6) is -0.232. The fourth-order valence-corrected chi connectivity index (χ4v) is 2.13. The van der Waals surface area contributed by atoms with Gasteiger partial charge in [-0.3, -0.25) is 0 Å². The molecule has 0 saturated carbocycles. The Labute approximate surface area is 97.7 Å². The standard InChI is InChI=1S/C11H12FN3S/c1-7-3-4-8(12)5-9(7)11(13-2)10-6-14-16-15-10/h3-6,11,13H,1-2H3. The zero-order valence-electron chi connectivity index (χ0n) is 9.07. The smallest absolute Gasteiger partial charge is 0.123 e. The van der Waals surface area contributed by atoms with Gasteiger partial charge in [-0.15, -0.1) is 0 Å². The van der Waals surface area contributed by atoms with Crippen molar-refractivity contribution in [2.75, 3.05) is 7.05 Å². The Hall–Kier alpha value is -1.33. The lowest BCUT2D eigenvalue weighted by Crippen LogP contribution is -2.19. The molecule has 0 fully saturated rings. The fourth-order valence-electron chi connectivity index (χ4n) is 1.68. The highest BCUT2D eigenvalue weighted by atomic mass is 32.1. The number of hydrogen-bond donors (Lipinski definition) is 1. The van der Waals surface area contributed by atoms with Crippen molar-refractivity contribution in [3.05, 3.63) is 47.0 Å². The highest BCUT2D eigenvalue weighted by Gasteiger charge is 2.17. The highest BCUT2D eigenvalue weighted by molar-refractivity contribution is 6.99. The van der Waals surface area contributed by atoms with Crippen LogP contribution in [0.25, 0.3) is 0 Å². The molecule has 3 nitrogen and oxygen atoms in total. The lowest BCUT2D eigenvalue weighted by Gasteiger charge is -2.16. The monoisotopic (exact) mass is 237 g/mol. The van der Waals surface area contributed by atoms with Crippen LogP contribution in [-0.2, 0) is 0 Å². The minimum Gasteiger partial charge on any atom is -0.308 e. The van der Waals surface area contributed by atoms with Crippen LogP contribution in [-0.4, -0.2) is 15.8 Å². The Balaban J connectivity index is 2.44. The van der Waals surface area contributed by atoms with Gasteiger partial charge in [0.1, 0.15) is 5.82 Å². The van der Waals surface area contributed by atoms with Gasteiger partial charge >= 0.3 is 0 Å². The molecule has 0 aliphatic heterocycles. The van der Waals surface area contributed by atoms with Crippen LogP contribution >= 0.6 is 11.7 Å². The molecule has 0 bridgehead atoms. The summed E-state index contributed by atoms with van der Waals surface area (Å²) in [6.07, 6.45) is 1.70. The van der Waals surface area contributed by atoms with Gasteiger partial charge in [0.2, 0.25) is 0 Å². The van der Waals surface area contributed by atoms with Gasteiger partial charge in [-0.1, -0.05) is 6.07 Å². The van der Waals surface area contributed by atoms with Gasteiger partial charge < -0.3 is 5.32 Å². The van der Waals surface area contributed by atoms with Crippen molar-refractivity contribution in [2.24, 2.45) is 0 Å². The number of hydrogen-bond acceptors (Lipinski definition) is 4. The quantitative estimate of drug-likeness (QED) is 0.890. The van der Waals surface area contributed by atoms with Crippen LogP contribution < -0.4 is 5.32 Å². The minimum absolute atomic E-state index is 0.102. The highest BCUT2D eigenvalue weighted by Crippen LogP contribution is 2.24. The number of nitrogens with one attached hydrogen (secondary N) is 1. The first-order chi connectivity index (χ1) is 7.72. The summed E-state index contributed by atoms with van der Waals surface area (Å²) in [4.78, 5) is 0. The third-order valence-electron chi connectivity index (χ3n) is 2.52. The van der Waals surface area contributed by atoms with E-state index in [1.165, 1.54) is 12.1 Å². The van der Waals surface area contributed by atoms with E-state index in [-0.39, 0.29) is 11.9 Å². The van der Waals surface area contributed by atoms with Crippen LogP contribution in [0.3, 0.4) is 0 Å². The molecule has 1 N–H and O–H groups in total. The molecule has 2 aromatic rings. The first-order valence-corrected chi connectivity index (χ1v) is 5.66. The summed E-state index contributed by atoms with van der Waals surface area (Å²) < 4.78 is 21.4. The van der Waals surface area contributed by atoms with Crippen LogP contribution in [0.4, 0.5) is 4.39 Å². The summed E-state index contributed by atoms with van der Waals surface area (Å²) in [6.45, 7) is 1.96. The maximum absolute atomic E-state index is 13.2. The number of rotatable bonds is 3. The van der Waals surface area contributed by atoms with Gasteiger partial charge in [-0.2, -0.15) is 8.75 Å². The fraction of sp³-hybridized carbons (Fsp3) is 0.273. The normalized spacial score (nSPS) is 12.7. The summed E-state index contributed by atoms with van der Waals surface area (Å²) in [7, 11) is 1.83. The molecule has 1 aromatic carbocycles. The number of aromatic nitrogens is 2. The van der Waals surface area contributed by atoms with Crippen LogP contribution in [0.5, 0.6) is 0 Å². The molecule has 84 valence electrons. The maximum Gasteiger partial charge on any atom is 0.123 e. The van der Waals surface area contributed by atoms with Gasteiger partial charge in [-0.25, -0.2) is 4.39 Å². The molecule has 0 aliphatic rings. The predicted octanol–water partition coefficient (Wildman–Crippen LogP) is 2.29. The summed E-state index contributed by atoms with van der Waals surface area (Å²) in [5, 5.41) is 3.13. The second-order valence-corrected chi connectivity index (χ2v) is 4.11. The van der Waals surface area contributed by atoms with E-state index in [2.05, 4.69) is 14.1 Å². The average molecular weight is 237 g/mol. The Bertz CT molecular complexity index is 470. The van der Waals surface area contributed by atoms with Crippen LogP contribution in [0, 0.1) is 12.7 Å². The van der Waals surface area contributed by atoms with Crippen molar-refractivity contribution in [3.8, 4) is 0 Å². The third kappa shape index (κ3) is 2.10. The molecule has 0 radical (unpaired) electrons. The molecule has 1 atom stereocenters. The van der Waals surface area contributed by atoms with E-state index in [1.54, 1.807) is 12.3 Å². The molecule has 0 amide bonds. The number of aryl methyl sites for hydroxylation is 1. The molecule has 1 aromatic heterocycles. The lowest BCUT2D eigenvalue weighted by molar-refractivity contribution is 0.613.